The smallest absolute Gasteiger partial charge is 0.255 e. The van der Waals surface area contributed by atoms with E-state index in [2.05, 4.69) is 53.1 Å². The zero-order valence-corrected chi connectivity index (χ0v) is 15.8. The van der Waals surface area contributed by atoms with Gasteiger partial charge < -0.3 is 5.32 Å². The highest BCUT2D eigenvalue weighted by molar-refractivity contribution is 9.11. The molecule has 2 aromatic rings. The molecule has 6 heteroatoms. The van der Waals surface area contributed by atoms with E-state index in [-0.39, 0.29) is 5.91 Å². The third-order valence-electron chi connectivity index (χ3n) is 2.61. The fraction of sp³-hybridized carbons (Fsp3) is 0.0714. The summed E-state index contributed by atoms with van der Waals surface area (Å²) < 4.78 is 2.34. The fourth-order valence-electron chi connectivity index (χ4n) is 1.64. The molecule has 1 amide bonds. The Labute approximate surface area is 147 Å². The maximum atomic E-state index is 12.3. The van der Waals surface area contributed by atoms with Crippen LogP contribution in [0.25, 0.3) is 0 Å². The molecule has 0 fully saturated rings. The first-order valence-corrected chi connectivity index (χ1v) is 8.36. The Morgan fingerprint density at radius 2 is 1.65 bits per heavy atom. The van der Waals surface area contributed by atoms with Crippen molar-refractivity contribution in [2.24, 2.45) is 0 Å². The predicted molar refractivity (Wildman–Crippen MR) is 93.7 cm³/mol. The van der Waals surface area contributed by atoms with Gasteiger partial charge >= 0.3 is 0 Å². The molecule has 0 unspecified atom stereocenters. The third kappa shape index (κ3) is 3.64. The number of halogens is 4. The molecule has 0 aromatic heterocycles. The quantitative estimate of drug-likeness (QED) is 0.544. The van der Waals surface area contributed by atoms with E-state index in [1.54, 1.807) is 18.2 Å². The summed E-state index contributed by atoms with van der Waals surface area (Å²) in [5.74, 6) is -0.201. The van der Waals surface area contributed by atoms with Crippen molar-refractivity contribution in [3.63, 3.8) is 0 Å². The minimum Gasteiger partial charge on any atom is -0.320 e. The van der Waals surface area contributed by atoms with Gasteiger partial charge in [0.15, 0.2) is 0 Å². The van der Waals surface area contributed by atoms with Crippen molar-refractivity contribution in [1.82, 2.24) is 0 Å². The van der Waals surface area contributed by atoms with Gasteiger partial charge in [-0.15, -0.1) is 0 Å². The topological polar surface area (TPSA) is 29.1 Å². The number of carbonyl (C=O) groups excluding carboxylic acids is 1. The van der Waals surface area contributed by atoms with Gasteiger partial charge in [-0.3, -0.25) is 4.79 Å². The van der Waals surface area contributed by atoms with Gasteiger partial charge in [0.25, 0.3) is 5.91 Å². The monoisotopic (exact) mass is 479 g/mol. The lowest BCUT2D eigenvalue weighted by Gasteiger charge is -2.11. The van der Waals surface area contributed by atoms with Crippen LogP contribution in [0.5, 0.6) is 0 Å². The van der Waals surface area contributed by atoms with E-state index in [9.17, 15) is 4.79 Å². The summed E-state index contributed by atoms with van der Waals surface area (Å²) in [5.41, 5.74) is 2.32. The SMILES string of the molecule is Cc1cc(Br)c(NC(=O)c2ccc(Cl)c(Br)c2)c(Br)c1. The average Bonchev–Trinajstić information content (AvgIpc) is 2.36. The van der Waals surface area contributed by atoms with E-state index in [1.165, 1.54) is 0 Å². The normalized spacial score (nSPS) is 10.4. The number of hydrogen-bond acceptors (Lipinski definition) is 1. The van der Waals surface area contributed by atoms with Crippen LogP contribution in [-0.4, -0.2) is 5.91 Å². The van der Waals surface area contributed by atoms with Crippen molar-refractivity contribution in [3.05, 3.63) is 59.9 Å². The highest BCUT2D eigenvalue weighted by Gasteiger charge is 2.12. The van der Waals surface area contributed by atoms with Crippen LogP contribution in [0.4, 0.5) is 5.69 Å². The molecular formula is C14H9Br3ClNO. The summed E-state index contributed by atoms with van der Waals surface area (Å²) in [4.78, 5) is 12.3. The molecule has 0 bridgehead atoms. The third-order valence-corrected chi connectivity index (χ3v) is 5.07. The second-order valence-electron chi connectivity index (χ2n) is 4.19. The molecule has 0 aliphatic rings. The number of hydrogen-bond donors (Lipinski definition) is 1. The summed E-state index contributed by atoms with van der Waals surface area (Å²) in [6, 6.07) is 8.93. The molecule has 20 heavy (non-hydrogen) atoms. The molecule has 2 nitrogen and oxygen atoms in total. The highest BCUT2D eigenvalue weighted by Crippen LogP contribution is 2.33. The van der Waals surface area contributed by atoms with Crippen molar-refractivity contribution in [1.29, 1.82) is 0 Å². The minimum atomic E-state index is -0.201. The van der Waals surface area contributed by atoms with E-state index in [0.717, 1.165) is 14.5 Å². The molecule has 0 aliphatic heterocycles. The maximum absolute atomic E-state index is 12.3. The van der Waals surface area contributed by atoms with Crippen molar-refractivity contribution >= 4 is 71.0 Å². The molecule has 104 valence electrons. The second-order valence-corrected chi connectivity index (χ2v) is 7.16. The van der Waals surface area contributed by atoms with E-state index < -0.39 is 0 Å². The molecular weight excluding hydrogens is 473 g/mol. The molecule has 0 saturated carbocycles. The lowest BCUT2D eigenvalue weighted by atomic mass is 10.2. The molecule has 2 rings (SSSR count). The Hall–Kier alpha value is -0.360. The zero-order chi connectivity index (χ0) is 14.9. The molecule has 0 aliphatic carbocycles. The van der Waals surface area contributed by atoms with Crippen LogP contribution >= 0.6 is 59.4 Å². The molecule has 1 N–H and O–H groups in total. The summed E-state index contributed by atoms with van der Waals surface area (Å²) in [5, 5.41) is 3.44. The van der Waals surface area contributed by atoms with Gasteiger partial charge in [0.05, 0.1) is 10.7 Å². The number of carbonyl (C=O) groups is 1. The van der Waals surface area contributed by atoms with Gasteiger partial charge in [-0.25, -0.2) is 0 Å². The Morgan fingerprint density at radius 1 is 1.05 bits per heavy atom. The van der Waals surface area contributed by atoms with Crippen molar-refractivity contribution < 1.29 is 4.79 Å². The Morgan fingerprint density at radius 3 is 2.20 bits per heavy atom. The van der Waals surface area contributed by atoms with Crippen LogP contribution in [0.15, 0.2) is 43.7 Å². The zero-order valence-electron chi connectivity index (χ0n) is 10.3. The van der Waals surface area contributed by atoms with Crippen molar-refractivity contribution in [2.45, 2.75) is 6.92 Å². The van der Waals surface area contributed by atoms with Gasteiger partial charge in [-0.1, -0.05) is 11.6 Å². The number of aryl methyl sites for hydroxylation is 1. The van der Waals surface area contributed by atoms with Gasteiger partial charge in [0.1, 0.15) is 0 Å². The average molecular weight is 482 g/mol. The Kier molecular flexibility index (Phi) is 5.29. The first-order valence-electron chi connectivity index (χ1n) is 5.60. The largest absolute Gasteiger partial charge is 0.320 e. The van der Waals surface area contributed by atoms with Crippen LogP contribution in [0.2, 0.25) is 5.02 Å². The number of anilines is 1. The molecule has 2 aromatic carbocycles. The van der Waals surface area contributed by atoms with E-state index >= 15 is 0 Å². The van der Waals surface area contributed by atoms with E-state index in [4.69, 9.17) is 11.6 Å². The Bertz CT molecular complexity index is 665. The van der Waals surface area contributed by atoms with E-state index in [1.807, 2.05) is 19.1 Å². The predicted octanol–water partition coefficient (Wildman–Crippen LogP) is 6.19. The van der Waals surface area contributed by atoms with Crippen LogP contribution < -0.4 is 5.32 Å². The second kappa shape index (κ2) is 6.60. The highest BCUT2D eigenvalue weighted by atomic mass is 79.9. The summed E-state index contributed by atoms with van der Waals surface area (Å²) >= 11 is 16.1. The number of benzene rings is 2. The van der Waals surface area contributed by atoms with Gasteiger partial charge in [-0.05, 0) is 90.6 Å². The van der Waals surface area contributed by atoms with Gasteiger partial charge in [0.2, 0.25) is 0 Å². The maximum Gasteiger partial charge on any atom is 0.255 e. The number of amides is 1. The standard InChI is InChI=1S/C14H9Br3ClNO/c1-7-4-10(16)13(11(17)5-7)19-14(20)8-2-3-12(18)9(15)6-8/h2-6H,1H3,(H,19,20). The van der Waals surface area contributed by atoms with Gasteiger partial charge in [0, 0.05) is 19.0 Å². The lowest BCUT2D eigenvalue weighted by Crippen LogP contribution is -2.12. The molecule has 0 spiro atoms. The van der Waals surface area contributed by atoms with Crippen LogP contribution in [0.3, 0.4) is 0 Å². The van der Waals surface area contributed by atoms with Crippen molar-refractivity contribution in [3.8, 4) is 0 Å². The molecule has 0 atom stereocenters. The number of rotatable bonds is 2. The first-order chi connectivity index (χ1) is 9.38. The molecule has 0 heterocycles. The fourth-order valence-corrected chi connectivity index (χ4v) is 3.75. The first kappa shape index (κ1) is 16.0. The number of nitrogens with one attached hydrogen (secondary N) is 1. The van der Waals surface area contributed by atoms with Crippen molar-refractivity contribution in [2.75, 3.05) is 5.32 Å². The summed E-state index contributed by atoms with van der Waals surface area (Å²) in [6.45, 7) is 1.98. The van der Waals surface area contributed by atoms with E-state index in [0.29, 0.717) is 20.7 Å². The van der Waals surface area contributed by atoms with Crippen LogP contribution in [-0.2, 0) is 0 Å². The summed E-state index contributed by atoms with van der Waals surface area (Å²) in [7, 11) is 0. The molecule has 0 radical (unpaired) electrons. The van der Waals surface area contributed by atoms with Crippen LogP contribution in [0.1, 0.15) is 15.9 Å². The summed E-state index contributed by atoms with van der Waals surface area (Å²) in [6.07, 6.45) is 0. The van der Waals surface area contributed by atoms with Gasteiger partial charge in [-0.2, -0.15) is 0 Å². The minimum absolute atomic E-state index is 0.201. The molecule has 0 saturated heterocycles. The Balaban J connectivity index is 2.30. The lowest BCUT2D eigenvalue weighted by molar-refractivity contribution is 0.102. The van der Waals surface area contributed by atoms with Crippen LogP contribution in [0, 0.1) is 6.92 Å².